The summed E-state index contributed by atoms with van der Waals surface area (Å²) in [4.78, 5) is 43.0. The van der Waals surface area contributed by atoms with Crippen LogP contribution in [0.25, 0.3) is 11.3 Å². The van der Waals surface area contributed by atoms with Crippen molar-refractivity contribution in [2.24, 2.45) is 10.8 Å². The van der Waals surface area contributed by atoms with Crippen molar-refractivity contribution in [2.75, 3.05) is 19.0 Å². The number of hydrogen-bond donors (Lipinski definition) is 2. The van der Waals surface area contributed by atoms with Crippen LogP contribution in [0.4, 0.5) is 5.82 Å². The number of hydrogen-bond acceptors (Lipinski definition) is 7. The summed E-state index contributed by atoms with van der Waals surface area (Å²) < 4.78 is 12.2. The molecule has 0 radical (unpaired) electrons. The van der Waals surface area contributed by atoms with Crippen molar-refractivity contribution in [2.45, 2.75) is 59.3 Å². The Morgan fingerprint density at radius 3 is 2.18 bits per heavy atom. The standard InChI is InChI=1S/C31H34N2O6/c1-30(2)12-20(34)28-23(14-30)39-24-15-31(3,4)13-21(35)29(24)27(28)18-11-17(9-10-22(18)38-5)19-7-6-8-25(33-19)32-16-26(36)37/h6-11,27H,12-16H2,1-5H3,(H,32,33)(H,36,37). The largest absolute Gasteiger partial charge is 0.496 e. The number of carbonyl (C=O) groups is 3. The first-order valence-electron chi connectivity index (χ1n) is 13.2. The van der Waals surface area contributed by atoms with Gasteiger partial charge in [-0.3, -0.25) is 14.4 Å². The van der Waals surface area contributed by atoms with Crippen LogP contribution < -0.4 is 10.1 Å². The molecule has 1 aliphatic heterocycles. The lowest BCUT2D eigenvalue weighted by molar-refractivity contribution is -0.135. The van der Waals surface area contributed by atoms with Crippen molar-refractivity contribution in [1.29, 1.82) is 0 Å². The van der Waals surface area contributed by atoms with Gasteiger partial charge in [-0.05, 0) is 41.2 Å². The first-order chi connectivity index (χ1) is 18.4. The minimum Gasteiger partial charge on any atom is -0.496 e. The summed E-state index contributed by atoms with van der Waals surface area (Å²) in [5.74, 6) is 0.692. The zero-order valence-electron chi connectivity index (χ0n) is 23.0. The van der Waals surface area contributed by atoms with Gasteiger partial charge in [0.1, 0.15) is 29.6 Å². The van der Waals surface area contributed by atoms with Gasteiger partial charge in [-0.1, -0.05) is 33.8 Å². The summed E-state index contributed by atoms with van der Waals surface area (Å²) in [5.41, 5.74) is 2.69. The van der Waals surface area contributed by atoms with E-state index in [1.807, 2.05) is 24.3 Å². The van der Waals surface area contributed by atoms with Gasteiger partial charge in [0.2, 0.25) is 0 Å². The van der Waals surface area contributed by atoms with Crippen LogP contribution in [0.1, 0.15) is 64.9 Å². The number of benzene rings is 1. The minimum atomic E-state index is -0.984. The number of Topliss-reactive ketones (excluding diaryl/α,β-unsaturated/α-hetero) is 2. The van der Waals surface area contributed by atoms with Crippen LogP contribution >= 0.6 is 0 Å². The Labute approximate surface area is 228 Å². The maximum absolute atomic E-state index is 13.7. The number of aliphatic carboxylic acids is 1. The number of carbonyl (C=O) groups excluding carboxylic acids is 2. The summed E-state index contributed by atoms with van der Waals surface area (Å²) in [5, 5.41) is 11.8. The summed E-state index contributed by atoms with van der Waals surface area (Å²) in [6, 6.07) is 11.0. The van der Waals surface area contributed by atoms with Gasteiger partial charge in [0.15, 0.2) is 11.6 Å². The molecule has 5 rings (SSSR count). The van der Waals surface area contributed by atoms with E-state index in [0.29, 0.717) is 71.2 Å². The van der Waals surface area contributed by atoms with Gasteiger partial charge < -0.3 is 19.9 Å². The van der Waals surface area contributed by atoms with Crippen LogP contribution in [-0.2, 0) is 19.1 Å². The molecule has 1 aromatic carbocycles. The van der Waals surface area contributed by atoms with Crippen molar-refractivity contribution in [3.05, 3.63) is 64.6 Å². The molecule has 0 fully saturated rings. The molecule has 0 amide bonds. The van der Waals surface area contributed by atoms with E-state index in [2.05, 4.69) is 38.0 Å². The van der Waals surface area contributed by atoms with E-state index < -0.39 is 11.9 Å². The number of carboxylic acid groups (broad SMARTS) is 1. The molecular formula is C31H34N2O6. The lowest BCUT2D eigenvalue weighted by Gasteiger charge is -2.43. The van der Waals surface area contributed by atoms with Crippen molar-refractivity contribution in [3.63, 3.8) is 0 Å². The third-order valence-electron chi connectivity index (χ3n) is 7.59. The number of anilines is 1. The molecule has 0 saturated heterocycles. The highest BCUT2D eigenvalue weighted by molar-refractivity contribution is 6.06. The van der Waals surface area contributed by atoms with Crippen LogP contribution in [0.2, 0.25) is 0 Å². The minimum absolute atomic E-state index is 0.0131. The van der Waals surface area contributed by atoms with Crippen molar-refractivity contribution in [1.82, 2.24) is 4.98 Å². The second kappa shape index (κ2) is 9.67. The molecule has 2 aromatic rings. The average molecular weight is 531 g/mol. The van der Waals surface area contributed by atoms with E-state index in [0.717, 1.165) is 5.56 Å². The maximum Gasteiger partial charge on any atom is 0.322 e. The molecule has 204 valence electrons. The Morgan fingerprint density at radius 1 is 1.00 bits per heavy atom. The third kappa shape index (κ3) is 5.20. The normalized spacial score (nSPS) is 20.2. The number of allylic oxidation sites excluding steroid dienone is 4. The van der Waals surface area contributed by atoms with Gasteiger partial charge >= 0.3 is 5.97 Å². The van der Waals surface area contributed by atoms with Gasteiger partial charge in [-0.25, -0.2) is 4.98 Å². The topological polar surface area (TPSA) is 115 Å². The summed E-state index contributed by atoms with van der Waals surface area (Å²) in [7, 11) is 1.58. The molecule has 39 heavy (non-hydrogen) atoms. The van der Waals surface area contributed by atoms with E-state index in [1.165, 1.54) is 0 Å². The first kappa shape index (κ1) is 26.7. The molecule has 8 heteroatoms. The van der Waals surface area contributed by atoms with E-state index in [1.54, 1.807) is 19.2 Å². The fourth-order valence-electron chi connectivity index (χ4n) is 5.96. The number of ketones is 2. The zero-order chi connectivity index (χ0) is 28.1. The predicted octanol–water partition coefficient (Wildman–Crippen LogP) is 5.65. The Kier molecular flexibility index (Phi) is 6.61. The van der Waals surface area contributed by atoms with Crippen LogP contribution in [0.3, 0.4) is 0 Å². The van der Waals surface area contributed by atoms with Gasteiger partial charge in [0.05, 0.1) is 18.7 Å². The number of carboxylic acids is 1. The predicted molar refractivity (Wildman–Crippen MR) is 146 cm³/mol. The Balaban J connectivity index is 1.67. The van der Waals surface area contributed by atoms with Gasteiger partial charge in [-0.15, -0.1) is 0 Å². The van der Waals surface area contributed by atoms with Gasteiger partial charge in [0, 0.05) is 48.0 Å². The highest BCUT2D eigenvalue weighted by Gasteiger charge is 2.48. The first-order valence-corrected chi connectivity index (χ1v) is 13.2. The highest BCUT2D eigenvalue weighted by Crippen LogP contribution is 2.54. The van der Waals surface area contributed by atoms with E-state index in [-0.39, 0.29) is 28.9 Å². The Hall–Kier alpha value is -3.94. The van der Waals surface area contributed by atoms with Gasteiger partial charge in [0.25, 0.3) is 0 Å². The molecular weight excluding hydrogens is 496 g/mol. The number of ether oxygens (including phenoxy) is 2. The Bertz CT molecular complexity index is 1400. The fraction of sp³-hybridized carbons (Fsp3) is 0.419. The summed E-state index contributed by atoms with van der Waals surface area (Å²) in [6.07, 6.45) is 1.96. The SMILES string of the molecule is COc1ccc(-c2cccc(NCC(=O)O)n2)cc1C1C2=C(CC(C)(C)CC2=O)OC2=C1C(=O)CC(C)(C)C2. The van der Waals surface area contributed by atoms with Crippen LogP contribution in [0, 0.1) is 10.8 Å². The van der Waals surface area contributed by atoms with Crippen molar-refractivity contribution in [3.8, 4) is 17.0 Å². The molecule has 0 unspecified atom stereocenters. The molecule has 2 heterocycles. The maximum atomic E-state index is 13.7. The smallest absolute Gasteiger partial charge is 0.322 e. The van der Waals surface area contributed by atoms with Crippen LogP contribution in [-0.4, -0.2) is 41.3 Å². The number of rotatable bonds is 6. The molecule has 0 atom stereocenters. The van der Waals surface area contributed by atoms with Gasteiger partial charge in [-0.2, -0.15) is 0 Å². The lowest BCUT2D eigenvalue weighted by atomic mass is 9.65. The average Bonchev–Trinajstić information content (AvgIpc) is 2.84. The number of nitrogens with one attached hydrogen (secondary N) is 1. The number of pyridine rings is 1. The molecule has 8 nitrogen and oxygen atoms in total. The fourth-order valence-corrected chi connectivity index (χ4v) is 5.96. The second-order valence-corrected chi connectivity index (χ2v) is 12.2. The summed E-state index contributed by atoms with van der Waals surface area (Å²) in [6.45, 7) is 7.99. The third-order valence-corrected chi connectivity index (χ3v) is 7.59. The summed E-state index contributed by atoms with van der Waals surface area (Å²) >= 11 is 0. The number of methoxy groups -OCH3 is 1. The molecule has 0 saturated carbocycles. The highest BCUT2D eigenvalue weighted by atomic mass is 16.5. The Morgan fingerprint density at radius 2 is 1.62 bits per heavy atom. The molecule has 0 bridgehead atoms. The number of aromatic nitrogens is 1. The van der Waals surface area contributed by atoms with Crippen LogP contribution in [0.15, 0.2) is 59.1 Å². The number of nitrogens with zero attached hydrogens (tertiary/aromatic N) is 1. The van der Waals surface area contributed by atoms with E-state index in [4.69, 9.17) is 14.6 Å². The molecule has 3 aliphatic rings. The molecule has 0 spiro atoms. The van der Waals surface area contributed by atoms with Crippen molar-refractivity contribution < 1.29 is 29.0 Å². The van der Waals surface area contributed by atoms with Crippen molar-refractivity contribution >= 4 is 23.4 Å². The lowest BCUT2D eigenvalue weighted by Crippen LogP contribution is -2.37. The second-order valence-electron chi connectivity index (χ2n) is 12.2. The molecule has 2 N–H and O–H groups in total. The van der Waals surface area contributed by atoms with E-state index >= 15 is 0 Å². The quantitative estimate of drug-likeness (QED) is 0.492. The molecule has 2 aliphatic carbocycles. The van der Waals surface area contributed by atoms with Crippen LogP contribution in [0.5, 0.6) is 5.75 Å². The molecule has 1 aromatic heterocycles. The zero-order valence-corrected chi connectivity index (χ0v) is 23.0. The van der Waals surface area contributed by atoms with E-state index in [9.17, 15) is 14.4 Å². The monoisotopic (exact) mass is 530 g/mol.